The van der Waals surface area contributed by atoms with E-state index in [4.69, 9.17) is 16.0 Å². The predicted octanol–water partition coefficient (Wildman–Crippen LogP) is 5.87. The van der Waals surface area contributed by atoms with Gasteiger partial charge in [-0.2, -0.15) is 8.42 Å². The molecule has 194 valence electrons. The largest absolute Gasteiger partial charge is 0.611 e. The van der Waals surface area contributed by atoms with Gasteiger partial charge in [0.15, 0.2) is 10.6 Å². The zero-order valence-electron chi connectivity index (χ0n) is 20.1. The molecule has 0 saturated heterocycles. The van der Waals surface area contributed by atoms with E-state index in [-0.39, 0.29) is 32.3 Å². The Hall–Kier alpha value is -3.25. The van der Waals surface area contributed by atoms with Crippen LogP contribution in [0, 0.1) is 0 Å². The third kappa shape index (κ3) is 6.02. The minimum absolute atomic E-state index is 0.0318. The molecule has 0 radical (unpaired) electrons. The molecule has 4 rings (SSSR count). The van der Waals surface area contributed by atoms with Crippen molar-refractivity contribution in [2.75, 3.05) is 9.62 Å². The summed E-state index contributed by atoms with van der Waals surface area (Å²) in [7, 11) is -4.16. The Labute approximate surface area is 222 Å². The number of sulfonamides is 1. The van der Waals surface area contributed by atoms with E-state index in [1.165, 1.54) is 24.3 Å². The van der Waals surface area contributed by atoms with Crippen LogP contribution in [0.1, 0.15) is 26.5 Å². The molecule has 1 amide bonds. The van der Waals surface area contributed by atoms with Crippen LogP contribution in [0.2, 0.25) is 5.02 Å². The SMILES string of the molecule is CC(C)(C)N(C(=O)O)c1cccc(C[S+]([O-])c2ccc(Cl)cc2NS(=O)(=O)c2cc3ccccc3o2)n1. The Morgan fingerprint density at radius 2 is 1.86 bits per heavy atom. The van der Waals surface area contributed by atoms with Crippen molar-refractivity contribution in [1.29, 1.82) is 0 Å². The van der Waals surface area contributed by atoms with E-state index in [9.17, 15) is 22.9 Å². The van der Waals surface area contributed by atoms with Crippen LogP contribution in [0.3, 0.4) is 0 Å². The van der Waals surface area contributed by atoms with Crippen LogP contribution in [-0.2, 0) is 27.0 Å². The molecular formula is C25H24ClN3O6S2. The maximum absolute atomic E-state index is 13.4. The molecule has 0 saturated carbocycles. The van der Waals surface area contributed by atoms with E-state index in [1.54, 1.807) is 63.2 Å². The topological polar surface area (TPSA) is 136 Å². The predicted molar refractivity (Wildman–Crippen MR) is 143 cm³/mol. The first-order valence-corrected chi connectivity index (χ1v) is 14.2. The number of carboxylic acid groups (broad SMARTS) is 1. The number of furan rings is 1. The molecule has 0 bridgehead atoms. The fourth-order valence-corrected chi connectivity index (χ4v) is 6.12. The van der Waals surface area contributed by atoms with Gasteiger partial charge in [0.1, 0.15) is 17.1 Å². The van der Waals surface area contributed by atoms with Crippen molar-refractivity contribution in [2.45, 2.75) is 42.1 Å². The number of nitrogens with zero attached hydrogens (tertiary/aromatic N) is 2. The Morgan fingerprint density at radius 3 is 2.54 bits per heavy atom. The van der Waals surface area contributed by atoms with Crippen molar-refractivity contribution in [3.05, 3.63) is 77.4 Å². The highest BCUT2D eigenvalue weighted by molar-refractivity contribution is 7.93. The molecule has 2 N–H and O–H groups in total. The van der Waals surface area contributed by atoms with Crippen molar-refractivity contribution in [1.82, 2.24) is 4.98 Å². The summed E-state index contributed by atoms with van der Waals surface area (Å²) in [5.74, 6) is 0.100. The number of hydrogen-bond donors (Lipinski definition) is 2. The molecular weight excluding hydrogens is 538 g/mol. The normalized spacial score (nSPS) is 12.9. The van der Waals surface area contributed by atoms with Gasteiger partial charge in [-0.05, 0) is 68.3 Å². The summed E-state index contributed by atoms with van der Waals surface area (Å²) >= 11 is 4.36. The minimum Gasteiger partial charge on any atom is -0.611 e. The number of para-hydroxylation sites is 1. The van der Waals surface area contributed by atoms with Gasteiger partial charge in [-0.25, -0.2) is 9.78 Å². The number of pyridine rings is 1. The molecule has 4 aromatic rings. The number of carbonyl (C=O) groups is 1. The van der Waals surface area contributed by atoms with Crippen LogP contribution in [0.25, 0.3) is 11.0 Å². The summed E-state index contributed by atoms with van der Waals surface area (Å²) in [6, 6.07) is 17.4. The number of halogens is 1. The lowest BCUT2D eigenvalue weighted by Gasteiger charge is -2.32. The molecule has 1 atom stereocenters. The van der Waals surface area contributed by atoms with Crippen LogP contribution in [0.15, 0.2) is 81.1 Å². The first-order chi connectivity index (χ1) is 17.3. The third-order valence-electron chi connectivity index (χ3n) is 5.26. The number of hydrogen-bond acceptors (Lipinski definition) is 6. The van der Waals surface area contributed by atoms with Crippen LogP contribution < -0.4 is 9.62 Å². The van der Waals surface area contributed by atoms with Gasteiger partial charge in [-0.1, -0.05) is 35.9 Å². The van der Waals surface area contributed by atoms with Gasteiger partial charge in [0.2, 0.25) is 5.09 Å². The third-order valence-corrected chi connectivity index (χ3v) is 8.12. The van der Waals surface area contributed by atoms with Crippen molar-refractivity contribution in [3.63, 3.8) is 0 Å². The number of aromatic nitrogens is 1. The Balaban J connectivity index is 1.62. The number of fused-ring (bicyclic) bond motifs is 1. The molecule has 0 aliphatic carbocycles. The Bertz CT molecular complexity index is 1530. The summed E-state index contributed by atoms with van der Waals surface area (Å²) in [5.41, 5.74) is 0.0561. The lowest BCUT2D eigenvalue weighted by molar-refractivity contribution is 0.195. The van der Waals surface area contributed by atoms with Gasteiger partial charge >= 0.3 is 6.09 Å². The summed E-state index contributed by atoms with van der Waals surface area (Å²) in [5, 5.41) is 10.2. The average molecular weight is 562 g/mol. The molecule has 1 unspecified atom stereocenters. The summed E-state index contributed by atoms with van der Waals surface area (Å²) in [4.78, 5) is 17.5. The maximum atomic E-state index is 13.4. The number of rotatable bonds is 7. The van der Waals surface area contributed by atoms with Gasteiger partial charge in [0.25, 0.3) is 10.0 Å². The second kappa shape index (κ2) is 10.3. The molecule has 9 nitrogen and oxygen atoms in total. The van der Waals surface area contributed by atoms with E-state index in [0.29, 0.717) is 16.7 Å². The van der Waals surface area contributed by atoms with Crippen LogP contribution in [0.5, 0.6) is 0 Å². The van der Waals surface area contributed by atoms with Gasteiger partial charge < -0.3 is 14.1 Å². The molecule has 0 aliphatic rings. The van der Waals surface area contributed by atoms with E-state index < -0.39 is 32.8 Å². The zero-order chi connectivity index (χ0) is 27.0. The molecule has 37 heavy (non-hydrogen) atoms. The van der Waals surface area contributed by atoms with Crippen molar-refractivity contribution in [2.24, 2.45) is 0 Å². The Kier molecular flexibility index (Phi) is 7.43. The zero-order valence-corrected chi connectivity index (χ0v) is 22.5. The standard InChI is InChI=1S/C25H24ClN3O6S2/c1-25(2,3)29(24(30)31)22-10-6-8-18(27-22)15-36(32)21-12-11-17(26)14-19(21)28-37(33,34)23-13-16-7-4-5-9-20(16)35-23/h4-14,28H,15H2,1-3H3,(H,30,31). The maximum Gasteiger partial charge on any atom is 0.413 e. The fraction of sp³-hybridized carbons (Fsp3) is 0.200. The molecule has 2 aromatic heterocycles. The second-order valence-electron chi connectivity index (χ2n) is 9.12. The van der Waals surface area contributed by atoms with Crippen molar-refractivity contribution >= 4 is 61.4 Å². The van der Waals surface area contributed by atoms with Crippen LogP contribution in [-0.4, -0.2) is 34.7 Å². The van der Waals surface area contributed by atoms with E-state index in [2.05, 4.69) is 9.71 Å². The summed E-state index contributed by atoms with van der Waals surface area (Å²) in [6.45, 7) is 5.21. The fourth-order valence-electron chi connectivity index (χ4n) is 3.68. The summed E-state index contributed by atoms with van der Waals surface area (Å²) in [6.07, 6.45) is -1.17. The van der Waals surface area contributed by atoms with Gasteiger partial charge in [0, 0.05) is 22.0 Å². The second-order valence-corrected chi connectivity index (χ2v) is 12.6. The Morgan fingerprint density at radius 1 is 1.14 bits per heavy atom. The number of anilines is 2. The molecule has 2 heterocycles. The van der Waals surface area contributed by atoms with Crippen molar-refractivity contribution < 1.29 is 27.3 Å². The monoisotopic (exact) mass is 561 g/mol. The molecule has 0 spiro atoms. The highest BCUT2D eigenvalue weighted by Crippen LogP contribution is 2.31. The first-order valence-electron chi connectivity index (χ1n) is 11.0. The quantitative estimate of drug-likeness (QED) is 0.269. The number of benzene rings is 2. The van der Waals surface area contributed by atoms with Gasteiger partial charge in [0.05, 0.1) is 5.69 Å². The van der Waals surface area contributed by atoms with Crippen molar-refractivity contribution in [3.8, 4) is 0 Å². The van der Waals surface area contributed by atoms with Crippen LogP contribution >= 0.6 is 11.6 Å². The van der Waals surface area contributed by atoms with Gasteiger partial charge in [-0.15, -0.1) is 0 Å². The van der Waals surface area contributed by atoms with E-state index in [1.807, 2.05) is 0 Å². The number of amides is 1. The van der Waals surface area contributed by atoms with Crippen LogP contribution in [0.4, 0.5) is 16.3 Å². The lowest BCUT2D eigenvalue weighted by atomic mass is 10.1. The molecule has 0 aliphatic heterocycles. The average Bonchev–Trinajstić information content (AvgIpc) is 3.23. The van der Waals surface area contributed by atoms with Gasteiger partial charge in [-0.3, -0.25) is 9.62 Å². The lowest BCUT2D eigenvalue weighted by Crippen LogP contribution is -2.45. The molecule has 0 fully saturated rings. The van der Waals surface area contributed by atoms with E-state index >= 15 is 0 Å². The summed E-state index contributed by atoms with van der Waals surface area (Å²) < 4.78 is 47.4. The highest BCUT2D eigenvalue weighted by atomic mass is 35.5. The number of nitrogens with one attached hydrogen (secondary N) is 1. The molecule has 2 aromatic carbocycles. The molecule has 12 heteroatoms. The minimum atomic E-state index is -4.16. The first kappa shape index (κ1) is 26.8. The highest BCUT2D eigenvalue weighted by Gasteiger charge is 2.30. The van der Waals surface area contributed by atoms with E-state index in [0.717, 1.165) is 4.90 Å². The smallest absolute Gasteiger partial charge is 0.413 e.